The quantitative estimate of drug-likeness (QED) is 0.595. The van der Waals surface area contributed by atoms with E-state index in [1.165, 1.54) is 0 Å². The molecule has 0 radical (unpaired) electrons. The molecule has 0 atom stereocenters. The van der Waals surface area contributed by atoms with E-state index in [1.54, 1.807) is 24.7 Å². The fourth-order valence-electron chi connectivity index (χ4n) is 1.42. The van der Waals surface area contributed by atoms with Crippen LogP contribution in [-0.4, -0.2) is 22.8 Å². The van der Waals surface area contributed by atoms with Gasteiger partial charge in [-0.15, -0.1) is 0 Å². The summed E-state index contributed by atoms with van der Waals surface area (Å²) >= 11 is 0. The van der Waals surface area contributed by atoms with Crippen molar-refractivity contribution in [2.45, 2.75) is 6.92 Å². The summed E-state index contributed by atoms with van der Waals surface area (Å²) in [4.78, 5) is 13.4. The zero-order valence-corrected chi connectivity index (χ0v) is 9.58. The highest BCUT2D eigenvalue weighted by Crippen LogP contribution is 2.17. The summed E-state index contributed by atoms with van der Waals surface area (Å²) < 4.78 is 0. The van der Waals surface area contributed by atoms with Crippen LogP contribution in [0.1, 0.15) is 12.5 Å². The lowest BCUT2D eigenvalue weighted by Gasteiger charge is -2.03. The van der Waals surface area contributed by atoms with E-state index in [-0.39, 0.29) is 0 Å². The second kappa shape index (κ2) is 5.75. The molecule has 0 bridgehead atoms. The van der Waals surface area contributed by atoms with Crippen molar-refractivity contribution in [2.24, 2.45) is 5.16 Å². The first-order valence-electron chi connectivity index (χ1n) is 5.43. The molecule has 0 spiro atoms. The summed E-state index contributed by atoms with van der Waals surface area (Å²) in [5.41, 5.74) is 1.88. The first kappa shape index (κ1) is 11.3. The Kier molecular flexibility index (Phi) is 3.81. The molecule has 0 saturated carbocycles. The first-order chi connectivity index (χ1) is 8.42. The Bertz CT molecular complexity index is 497. The Morgan fingerprint density at radius 1 is 1.18 bits per heavy atom. The zero-order chi connectivity index (χ0) is 11.9. The number of hydrogen-bond donors (Lipinski definition) is 0. The molecule has 86 valence electrons. The number of oxime groups is 1. The molecule has 1 aromatic carbocycles. The van der Waals surface area contributed by atoms with Gasteiger partial charge >= 0.3 is 0 Å². The van der Waals surface area contributed by atoms with E-state index in [0.29, 0.717) is 12.4 Å². The standard InChI is InChI=1S/C13H13N3O/c1-2-17-16-10-11-6-3-4-7-12(11)13-14-8-5-9-15-13/h3-10H,2H2,1H3/b16-10+. The maximum atomic E-state index is 4.96. The number of rotatable bonds is 4. The van der Waals surface area contributed by atoms with Crippen LogP contribution < -0.4 is 0 Å². The van der Waals surface area contributed by atoms with Crippen molar-refractivity contribution in [1.82, 2.24) is 9.97 Å². The van der Waals surface area contributed by atoms with Crippen LogP contribution in [0.5, 0.6) is 0 Å². The van der Waals surface area contributed by atoms with Crippen molar-refractivity contribution in [3.8, 4) is 11.4 Å². The van der Waals surface area contributed by atoms with E-state index in [9.17, 15) is 0 Å². The van der Waals surface area contributed by atoms with Crippen LogP contribution in [0.3, 0.4) is 0 Å². The maximum absolute atomic E-state index is 4.96. The molecular formula is C13H13N3O. The highest BCUT2D eigenvalue weighted by molar-refractivity contribution is 5.88. The second-order valence-electron chi connectivity index (χ2n) is 3.31. The topological polar surface area (TPSA) is 47.4 Å². The van der Waals surface area contributed by atoms with Crippen molar-refractivity contribution < 1.29 is 4.84 Å². The minimum absolute atomic E-state index is 0.556. The summed E-state index contributed by atoms with van der Waals surface area (Å²) in [6.07, 6.45) is 5.12. The van der Waals surface area contributed by atoms with Crippen LogP contribution in [0.2, 0.25) is 0 Å². The third-order valence-electron chi connectivity index (χ3n) is 2.16. The first-order valence-corrected chi connectivity index (χ1v) is 5.43. The highest BCUT2D eigenvalue weighted by atomic mass is 16.6. The van der Waals surface area contributed by atoms with E-state index >= 15 is 0 Å². The normalized spacial score (nSPS) is 10.6. The summed E-state index contributed by atoms with van der Waals surface area (Å²) in [7, 11) is 0. The van der Waals surface area contributed by atoms with Gasteiger partial charge in [0.25, 0.3) is 0 Å². The Morgan fingerprint density at radius 2 is 1.94 bits per heavy atom. The molecule has 2 aromatic rings. The van der Waals surface area contributed by atoms with Crippen molar-refractivity contribution in [2.75, 3.05) is 6.61 Å². The second-order valence-corrected chi connectivity index (χ2v) is 3.31. The monoisotopic (exact) mass is 227 g/mol. The molecule has 17 heavy (non-hydrogen) atoms. The van der Waals surface area contributed by atoms with Crippen LogP contribution in [0.15, 0.2) is 47.9 Å². The van der Waals surface area contributed by atoms with Gasteiger partial charge in [-0.2, -0.15) is 0 Å². The van der Waals surface area contributed by atoms with Crippen molar-refractivity contribution >= 4 is 6.21 Å². The van der Waals surface area contributed by atoms with E-state index in [0.717, 1.165) is 11.1 Å². The van der Waals surface area contributed by atoms with Crippen LogP contribution in [0, 0.1) is 0 Å². The van der Waals surface area contributed by atoms with Crippen molar-refractivity contribution in [1.29, 1.82) is 0 Å². The van der Waals surface area contributed by atoms with Gasteiger partial charge in [0.2, 0.25) is 0 Å². The van der Waals surface area contributed by atoms with Crippen LogP contribution in [0.25, 0.3) is 11.4 Å². The van der Waals surface area contributed by atoms with Gasteiger partial charge < -0.3 is 4.84 Å². The van der Waals surface area contributed by atoms with Crippen LogP contribution >= 0.6 is 0 Å². The molecule has 0 aliphatic rings. The van der Waals surface area contributed by atoms with Crippen LogP contribution in [0.4, 0.5) is 0 Å². The lowest BCUT2D eigenvalue weighted by molar-refractivity contribution is 0.160. The molecule has 1 aromatic heterocycles. The van der Waals surface area contributed by atoms with E-state index < -0.39 is 0 Å². The van der Waals surface area contributed by atoms with E-state index in [1.807, 2.05) is 31.2 Å². The van der Waals surface area contributed by atoms with E-state index in [4.69, 9.17) is 4.84 Å². The summed E-state index contributed by atoms with van der Waals surface area (Å²) in [6.45, 7) is 2.45. The number of hydrogen-bond acceptors (Lipinski definition) is 4. The minimum Gasteiger partial charge on any atom is -0.396 e. The lowest BCUT2D eigenvalue weighted by Crippen LogP contribution is -1.93. The van der Waals surface area contributed by atoms with Gasteiger partial charge in [0, 0.05) is 23.5 Å². The zero-order valence-electron chi connectivity index (χ0n) is 9.58. The fourth-order valence-corrected chi connectivity index (χ4v) is 1.42. The molecule has 0 N–H and O–H groups in total. The Balaban J connectivity index is 2.34. The smallest absolute Gasteiger partial charge is 0.159 e. The summed E-state index contributed by atoms with van der Waals surface area (Å²) in [5.74, 6) is 0.686. The van der Waals surface area contributed by atoms with Gasteiger partial charge in [0.15, 0.2) is 5.82 Å². The van der Waals surface area contributed by atoms with Gasteiger partial charge in [0.05, 0.1) is 6.21 Å². The minimum atomic E-state index is 0.556. The Labute approximate surface area is 100.0 Å². The number of nitrogens with zero attached hydrogens (tertiary/aromatic N) is 3. The van der Waals surface area contributed by atoms with Crippen LogP contribution in [-0.2, 0) is 4.84 Å². The third-order valence-corrected chi connectivity index (χ3v) is 2.16. The molecule has 4 nitrogen and oxygen atoms in total. The van der Waals surface area contributed by atoms with Crippen molar-refractivity contribution in [3.05, 3.63) is 48.3 Å². The Hall–Kier alpha value is -2.23. The molecule has 0 aliphatic carbocycles. The largest absolute Gasteiger partial charge is 0.396 e. The molecule has 2 rings (SSSR count). The van der Waals surface area contributed by atoms with Gasteiger partial charge in [-0.3, -0.25) is 0 Å². The molecular weight excluding hydrogens is 214 g/mol. The average molecular weight is 227 g/mol. The van der Waals surface area contributed by atoms with Gasteiger partial charge in [-0.25, -0.2) is 9.97 Å². The highest BCUT2D eigenvalue weighted by Gasteiger charge is 2.04. The average Bonchev–Trinajstić information content (AvgIpc) is 2.41. The predicted molar refractivity (Wildman–Crippen MR) is 66.7 cm³/mol. The fraction of sp³-hybridized carbons (Fsp3) is 0.154. The molecule has 0 fully saturated rings. The number of aromatic nitrogens is 2. The lowest BCUT2D eigenvalue weighted by atomic mass is 10.1. The Morgan fingerprint density at radius 3 is 2.71 bits per heavy atom. The third kappa shape index (κ3) is 2.87. The molecule has 1 heterocycles. The summed E-state index contributed by atoms with van der Waals surface area (Å²) in [6, 6.07) is 9.60. The van der Waals surface area contributed by atoms with Gasteiger partial charge in [0.1, 0.15) is 6.61 Å². The predicted octanol–water partition coefficient (Wildman–Crippen LogP) is 2.51. The molecule has 0 amide bonds. The molecule has 0 aliphatic heterocycles. The summed E-state index contributed by atoms with van der Waals surface area (Å²) in [5, 5.41) is 3.87. The maximum Gasteiger partial charge on any atom is 0.159 e. The van der Waals surface area contributed by atoms with E-state index in [2.05, 4.69) is 15.1 Å². The van der Waals surface area contributed by atoms with Crippen molar-refractivity contribution in [3.63, 3.8) is 0 Å². The SMILES string of the molecule is CCO/N=C/c1ccccc1-c1ncccn1. The number of benzene rings is 1. The molecule has 0 unspecified atom stereocenters. The van der Waals surface area contributed by atoms with Gasteiger partial charge in [-0.05, 0) is 13.0 Å². The molecule has 0 saturated heterocycles. The molecule has 4 heteroatoms. The van der Waals surface area contributed by atoms with Gasteiger partial charge in [-0.1, -0.05) is 29.4 Å².